The molecule has 1 aliphatic heterocycles. The van der Waals surface area contributed by atoms with Crippen molar-refractivity contribution >= 4 is 11.6 Å². The summed E-state index contributed by atoms with van der Waals surface area (Å²) in [6.07, 6.45) is -0.132. The molecule has 0 radical (unpaired) electrons. The van der Waals surface area contributed by atoms with E-state index in [1.807, 2.05) is 0 Å². The lowest BCUT2D eigenvalue weighted by Crippen LogP contribution is -2.33. The second-order valence-electron chi connectivity index (χ2n) is 3.96. The van der Waals surface area contributed by atoms with Crippen LogP contribution < -0.4 is 5.32 Å². The van der Waals surface area contributed by atoms with Crippen molar-refractivity contribution in [2.24, 2.45) is 0 Å². The second-order valence-corrected chi connectivity index (χ2v) is 4.37. The molecule has 94 valence electrons. The van der Waals surface area contributed by atoms with Gasteiger partial charge in [-0.25, -0.2) is 4.39 Å². The first-order valence-electron chi connectivity index (χ1n) is 5.51. The molecule has 1 aromatic carbocycles. The third-order valence-corrected chi connectivity index (χ3v) is 3.09. The van der Waals surface area contributed by atoms with Gasteiger partial charge in [0, 0.05) is 30.8 Å². The van der Waals surface area contributed by atoms with Gasteiger partial charge in [0.05, 0.1) is 19.3 Å². The van der Waals surface area contributed by atoms with E-state index in [9.17, 15) is 4.39 Å². The van der Waals surface area contributed by atoms with Gasteiger partial charge in [-0.15, -0.1) is 0 Å². The Morgan fingerprint density at radius 3 is 3.00 bits per heavy atom. The Morgan fingerprint density at radius 1 is 1.59 bits per heavy atom. The van der Waals surface area contributed by atoms with Crippen LogP contribution >= 0.6 is 11.6 Å². The lowest BCUT2D eigenvalue weighted by molar-refractivity contribution is 0.0275. The molecule has 1 heterocycles. The van der Waals surface area contributed by atoms with E-state index in [-0.39, 0.29) is 18.5 Å². The van der Waals surface area contributed by atoms with Gasteiger partial charge >= 0.3 is 0 Å². The number of morpholine rings is 1. The van der Waals surface area contributed by atoms with E-state index in [2.05, 4.69) is 5.32 Å². The van der Waals surface area contributed by atoms with Crippen molar-refractivity contribution in [3.8, 4) is 0 Å². The molecule has 1 unspecified atom stereocenters. The zero-order valence-electron chi connectivity index (χ0n) is 9.63. The van der Waals surface area contributed by atoms with E-state index in [0.29, 0.717) is 23.7 Å². The number of nitrogens with one attached hydrogen (secondary N) is 1. The van der Waals surface area contributed by atoms with Crippen molar-refractivity contribution < 1.29 is 13.9 Å². The molecule has 1 fully saturated rings. The molecule has 1 atom stereocenters. The summed E-state index contributed by atoms with van der Waals surface area (Å²) in [5.74, 6) is -0.344. The molecule has 17 heavy (non-hydrogen) atoms. The largest absolute Gasteiger partial charge is 0.380 e. The Balaban J connectivity index is 2.24. The van der Waals surface area contributed by atoms with Crippen LogP contribution in [0, 0.1) is 5.82 Å². The number of hydrogen-bond acceptors (Lipinski definition) is 3. The van der Waals surface area contributed by atoms with Crippen LogP contribution in [0.5, 0.6) is 0 Å². The molecule has 0 saturated carbocycles. The Morgan fingerprint density at radius 2 is 2.41 bits per heavy atom. The monoisotopic (exact) mass is 259 g/mol. The predicted octanol–water partition coefficient (Wildman–Crippen LogP) is 2.29. The normalized spacial score (nSPS) is 20.5. The zero-order valence-corrected chi connectivity index (χ0v) is 10.4. The van der Waals surface area contributed by atoms with Crippen LogP contribution in [-0.4, -0.2) is 26.8 Å². The summed E-state index contributed by atoms with van der Waals surface area (Å²) in [6.45, 7) is 2.31. The Labute approximate surface area is 105 Å². The van der Waals surface area contributed by atoms with Crippen LogP contribution in [-0.2, 0) is 16.1 Å². The quantitative estimate of drug-likeness (QED) is 0.904. The third-order valence-electron chi connectivity index (χ3n) is 2.75. The van der Waals surface area contributed by atoms with Gasteiger partial charge in [-0.05, 0) is 17.7 Å². The van der Waals surface area contributed by atoms with Crippen LogP contribution in [0.3, 0.4) is 0 Å². The minimum Gasteiger partial charge on any atom is -0.380 e. The molecule has 2 rings (SSSR count). The highest BCUT2D eigenvalue weighted by molar-refractivity contribution is 6.31. The number of halogens is 2. The summed E-state index contributed by atoms with van der Waals surface area (Å²) in [4.78, 5) is 0. The molecule has 0 spiro atoms. The van der Waals surface area contributed by atoms with E-state index >= 15 is 0 Å². The fourth-order valence-electron chi connectivity index (χ4n) is 1.87. The van der Waals surface area contributed by atoms with Gasteiger partial charge in [0.15, 0.2) is 0 Å². The number of hydrogen-bond donors (Lipinski definition) is 1. The highest BCUT2D eigenvalue weighted by Crippen LogP contribution is 2.27. The SMILES string of the molecule is COCc1c(F)cc(C2CNCCO2)cc1Cl. The van der Waals surface area contributed by atoms with E-state index in [1.54, 1.807) is 6.07 Å². The number of benzene rings is 1. The maximum Gasteiger partial charge on any atom is 0.130 e. The molecule has 1 aliphatic rings. The zero-order chi connectivity index (χ0) is 12.3. The van der Waals surface area contributed by atoms with Gasteiger partial charge in [-0.1, -0.05) is 11.6 Å². The molecular formula is C12H15ClFNO2. The van der Waals surface area contributed by atoms with Crippen molar-refractivity contribution in [3.63, 3.8) is 0 Å². The molecule has 1 saturated heterocycles. The van der Waals surface area contributed by atoms with Crippen molar-refractivity contribution in [2.45, 2.75) is 12.7 Å². The summed E-state index contributed by atoms with van der Waals surface area (Å²) in [6, 6.07) is 3.22. The van der Waals surface area contributed by atoms with Crippen molar-refractivity contribution in [1.29, 1.82) is 0 Å². The van der Waals surface area contributed by atoms with E-state index in [1.165, 1.54) is 13.2 Å². The average molecular weight is 260 g/mol. The van der Waals surface area contributed by atoms with Crippen molar-refractivity contribution in [2.75, 3.05) is 26.8 Å². The Bertz CT molecular complexity index is 371. The predicted molar refractivity (Wildman–Crippen MR) is 63.7 cm³/mol. The summed E-state index contributed by atoms with van der Waals surface area (Å²) in [5, 5.41) is 3.58. The van der Waals surface area contributed by atoms with Crippen LogP contribution in [0.2, 0.25) is 5.02 Å². The molecule has 0 amide bonds. The molecule has 0 bridgehead atoms. The van der Waals surface area contributed by atoms with Gasteiger partial charge in [0.2, 0.25) is 0 Å². The first-order chi connectivity index (χ1) is 8.22. The summed E-state index contributed by atoms with van der Waals surface area (Å²) in [5.41, 5.74) is 1.15. The average Bonchev–Trinajstić information content (AvgIpc) is 2.35. The summed E-state index contributed by atoms with van der Waals surface area (Å²) < 4.78 is 24.3. The van der Waals surface area contributed by atoms with Gasteiger partial charge in [0.25, 0.3) is 0 Å². The fourth-order valence-corrected chi connectivity index (χ4v) is 2.14. The van der Waals surface area contributed by atoms with E-state index in [0.717, 1.165) is 12.1 Å². The Kier molecular flexibility index (Phi) is 4.34. The van der Waals surface area contributed by atoms with Crippen molar-refractivity contribution in [1.82, 2.24) is 5.32 Å². The maximum absolute atomic E-state index is 13.8. The summed E-state index contributed by atoms with van der Waals surface area (Å²) in [7, 11) is 1.51. The first kappa shape index (κ1) is 12.8. The second kappa shape index (κ2) is 5.78. The van der Waals surface area contributed by atoms with Gasteiger partial charge in [-0.3, -0.25) is 0 Å². The molecule has 1 N–H and O–H groups in total. The van der Waals surface area contributed by atoms with Crippen LogP contribution in [0.1, 0.15) is 17.2 Å². The van der Waals surface area contributed by atoms with Crippen molar-refractivity contribution in [3.05, 3.63) is 34.1 Å². The highest BCUT2D eigenvalue weighted by atomic mass is 35.5. The van der Waals surface area contributed by atoms with Crippen LogP contribution in [0.4, 0.5) is 4.39 Å². The van der Waals surface area contributed by atoms with Gasteiger partial charge in [-0.2, -0.15) is 0 Å². The highest BCUT2D eigenvalue weighted by Gasteiger charge is 2.19. The lowest BCUT2D eigenvalue weighted by Gasteiger charge is -2.24. The van der Waals surface area contributed by atoms with E-state index < -0.39 is 0 Å². The topological polar surface area (TPSA) is 30.5 Å². The van der Waals surface area contributed by atoms with Gasteiger partial charge < -0.3 is 14.8 Å². The minimum absolute atomic E-state index is 0.132. The smallest absolute Gasteiger partial charge is 0.130 e. The number of rotatable bonds is 3. The first-order valence-corrected chi connectivity index (χ1v) is 5.89. The van der Waals surface area contributed by atoms with Gasteiger partial charge in [0.1, 0.15) is 5.82 Å². The molecule has 0 aromatic heterocycles. The Hall–Kier alpha value is -0.680. The number of ether oxygens (including phenoxy) is 2. The number of methoxy groups -OCH3 is 1. The molecule has 3 nitrogen and oxygen atoms in total. The lowest BCUT2D eigenvalue weighted by atomic mass is 10.1. The summed E-state index contributed by atoms with van der Waals surface area (Å²) >= 11 is 6.04. The molecule has 1 aromatic rings. The van der Waals surface area contributed by atoms with Crippen LogP contribution in [0.25, 0.3) is 0 Å². The van der Waals surface area contributed by atoms with E-state index in [4.69, 9.17) is 21.1 Å². The molecule has 5 heteroatoms. The molecule has 0 aliphatic carbocycles. The third kappa shape index (κ3) is 2.96. The fraction of sp³-hybridized carbons (Fsp3) is 0.500. The minimum atomic E-state index is -0.344. The standard InChI is InChI=1S/C12H15ClFNO2/c1-16-7-9-10(13)4-8(5-11(9)14)12-6-15-2-3-17-12/h4-5,12,15H,2-3,6-7H2,1H3. The maximum atomic E-state index is 13.8. The van der Waals surface area contributed by atoms with Crippen LogP contribution in [0.15, 0.2) is 12.1 Å². The molecular weight excluding hydrogens is 245 g/mol.